The molecule has 2 amide bonds. The maximum absolute atomic E-state index is 12.0. The fraction of sp³-hybridized carbons (Fsp3) is 0.263. The third-order valence-corrected chi connectivity index (χ3v) is 3.74. The highest BCUT2D eigenvalue weighted by atomic mass is 35.5. The summed E-state index contributed by atoms with van der Waals surface area (Å²) >= 11 is 5.82. The predicted octanol–water partition coefficient (Wildman–Crippen LogP) is 2.83. The van der Waals surface area contributed by atoms with Crippen LogP contribution in [0.4, 0.5) is 0 Å². The zero-order chi connectivity index (χ0) is 18.1. The molecule has 132 valence electrons. The van der Waals surface area contributed by atoms with Crippen LogP contribution >= 0.6 is 11.6 Å². The van der Waals surface area contributed by atoms with Gasteiger partial charge in [-0.3, -0.25) is 9.59 Å². The summed E-state index contributed by atoms with van der Waals surface area (Å²) in [5, 5.41) is 6.05. The molecule has 0 unspecified atom stereocenters. The average molecular weight is 361 g/mol. The first-order valence-corrected chi connectivity index (χ1v) is 8.48. The SMILES string of the molecule is CCOc1ccc(C(=O)NCC(=O)NCCc2ccc(Cl)cc2)cc1. The van der Waals surface area contributed by atoms with Crippen LogP contribution in [0.25, 0.3) is 0 Å². The van der Waals surface area contributed by atoms with Crippen molar-refractivity contribution in [3.63, 3.8) is 0 Å². The third kappa shape index (κ3) is 6.47. The number of carbonyl (C=O) groups excluding carboxylic acids is 2. The second kappa shape index (κ2) is 9.69. The summed E-state index contributed by atoms with van der Waals surface area (Å²) < 4.78 is 5.32. The summed E-state index contributed by atoms with van der Waals surface area (Å²) in [4.78, 5) is 23.8. The first-order valence-electron chi connectivity index (χ1n) is 8.10. The molecule has 0 aliphatic heterocycles. The monoisotopic (exact) mass is 360 g/mol. The second-order valence-corrected chi connectivity index (χ2v) is 5.80. The smallest absolute Gasteiger partial charge is 0.251 e. The molecule has 0 aliphatic carbocycles. The maximum atomic E-state index is 12.0. The molecule has 5 nitrogen and oxygen atoms in total. The molecule has 6 heteroatoms. The van der Waals surface area contributed by atoms with Gasteiger partial charge in [-0.25, -0.2) is 0 Å². The zero-order valence-electron chi connectivity index (χ0n) is 14.0. The Kier molecular flexibility index (Phi) is 7.29. The van der Waals surface area contributed by atoms with E-state index in [0.717, 1.165) is 5.56 Å². The lowest BCUT2D eigenvalue weighted by atomic mass is 10.1. The Morgan fingerprint density at radius 2 is 1.68 bits per heavy atom. The van der Waals surface area contributed by atoms with Crippen molar-refractivity contribution in [2.45, 2.75) is 13.3 Å². The van der Waals surface area contributed by atoms with Crippen LogP contribution in [0.5, 0.6) is 5.75 Å². The standard InChI is InChI=1S/C19H21ClN2O3/c1-2-25-17-9-5-15(6-10-17)19(24)22-13-18(23)21-12-11-14-3-7-16(20)8-4-14/h3-10H,2,11-13H2,1H3,(H,21,23)(H,22,24). The van der Waals surface area contributed by atoms with Crippen molar-refractivity contribution in [1.82, 2.24) is 10.6 Å². The Labute approximate surface area is 152 Å². The van der Waals surface area contributed by atoms with Crippen LogP contribution in [0.3, 0.4) is 0 Å². The molecule has 0 aromatic heterocycles. The molecule has 2 N–H and O–H groups in total. The first-order chi connectivity index (χ1) is 12.1. The van der Waals surface area contributed by atoms with Crippen LogP contribution in [0.2, 0.25) is 5.02 Å². The van der Waals surface area contributed by atoms with Crippen molar-refractivity contribution in [2.24, 2.45) is 0 Å². The highest BCUT2D eigenvalue weighted by molar-refractivity contribution is 6.30. The topological polar surface area (TPSA) is 67.4 Å². The van der Waals surface area contributed by atoms with Gasteiger partial charge < -0.3 is 15.4 Å². The van der Waals surface area contributed by atoms with Gasteiger partial charge in [0.25, 0.3) is 5.91 Å². The van der Waals surface area contributed by atoms with Crippen LogP contribution in [-0.2, 0) is 11.2 Å². The Hall–Kier alpha value is -2.53. The molecule has 0 saturated carbocycles. The quantitative estimate of drug-likeness (QED) is 0.760. The van der Waals surface area contributed by atoms with E-state index in [9.17, 15) is 9.59 Å². The fourth-order valence-corrected chi connectivity index (χ4v) is 2.32. The highest BCUT2D eigenvalue weighted by Gasteiger charge is 2.08. The van der Waals surface area contributed by atoms with E-state index in [1.54, 1.807) is 24.3 Å². The minimum atomic E-state index is -0.295. The number of ether oxygens (including phenoxy) is 1. The van der Waals surface area contributed by atoms with Crippen molar-refractivity contribution in [3.8, 4) is 5.75 Å². The van der Waals surface area contributed by atoms with Gasteiger partial charge >= 0.3 is 0 Å². The molecule has 0 heterocycles. The number of benzene rings is 2. The molecule has 0 atom stereocenters. The van der Waals surface area contributed by atoms with E-state index < -0.39 is 0 Å². The molecule has 0 bridgehead atoms. The van der Waals surface area contributed by atoms with Gasteiger partial charge in [0.05, 0.1) is 13.2 Å². The lowest BCUT2D eigenvalue weighted by molar-refractivity contribution is -0.120. The summed E-state index contributed by atoms with van der Waals surface area (Å²) in [6.45, 7) is 2.90. The molecule has 0 spiro atoms. The van der Waals surface area contributed by atoms with Crippen molar-refractivity contribution in [3.05, 3.63) is 64.7 Å². The lowest BCUT2D eigenvalue weighted by Gasteiger charge is -2.08. The Morgan fingerprint density at radius 3 is 2.32 bits per heavy atom. The molecule has 2 aromatic carbocycles. The zero-order valence-corrected chi connectivity index (χ0v) is 14.8. The van der Waals surface area contributed by atoms with Gasteiger partial charge in [0.15, 0.2) is 0 Å². The number of nitrogens with one attached hydrogen (secondary N) is 2. The van der Waals surface area contributed by atoms with E-state index in [1.165, 1.54) is 0 Å². The normalized spacial score (nSPS) is 10.2. The minimum absolute atomic E-state index is 0.0628. The largest absolute Gasteiger partial charge is 0.494 e. The number of amides is 2. The van der Waals surface area contributed by atoms with E-state index >= 15 is 0 Å². The predicted molar refractivity (Wildman–Crippen MR) is 98.1 cm³/mol. The molecule has 0 fully saturated rings. The number of halogens is 1. The molecule has 2 aromatic rings. The number of carbonyl (C=O) groups is 2. The second-order valence-electron chi connectivity index (χ2n) is 5.37. The Bertz CT molecular complexity index is 700. The summed E-state index contributed by atoms with van der Waals surface area (Å²) in [5.41, 5.74) is 1.57. The number of rotatable bonds is 8. The van der Waals surface area contributed by atoms with Crippen LogP contribution < -0.4 is 15.4 Å². The molecule has 0 saturated heterocycles. The molecule has 0 aliphatic rings. The van der Waals surface area contributed by atoms with Crippen molar-refractivity contribution >= 4 is 23.4 Å². The number of hydrogen-bond donors (Lipinski definition) is 2. The summed E-state index contributed by atoms with van der Waals surface area (Å²) in [5.74, 6) is 0.183. The average Bonchev–Trinajstić information content (AvgIpc) is 2.62. The molecule has 25 heavy (non-hydrogen) atoms. The van der Waals surface area contributed by atoms with Crippen molar-refractivity contribution < 1.29 is 14.3 Å². The molecular formula is C19H21ClN2O3. The van der Waals surface area contributed by atoms with Gasteiger partial charge in [-0.1, -0.05) is 23.7 Å². The first kappa shape index (κ1) is 18.8. The fourth-order valence-electron chi connectivity index (χ4n) is 2.19. The van der Waals surface area contributed by atoms with E-state index in [0.29, 0.717) is 35.9 Å². The highest BCUT2D eigenvalue weighted by Crippen LogP contribution is 2.12. The van der Waals surface area contributed by atoms with Crippen LogP contribution in [0.15, 0.2) is 48.5 Å². The molecule has 2 rings (SSSR count). The van der Waals surface area contributed by atoms with Gasteiger partial charge in [0, 0.05) is 17.1 Å². The molecular weight excluding hydrogens is 340 g/mol. The van der Waals surface area contributed by atoms with E-state index in [4.69, 9.17) is 16.3 Å². The van der Waals surface area contributed by atoms with Crippen LogP contribution in [0.1, 0.15) is 22.8 Å². The Balaban J connectivity index is 1.70. The van der Waals surface area contributed by atoms with Gasteiger partial charge in [-0.2, -0.15) is 0 Å². The third-order valence-electron chi connectivity index (χ3n) is 3.49. The van der Waals surface area contributed by atoms with E-state index in [-0.39, 0.29) is 18.4 Å². The molecule has 0 radical (unpaired) electrons. The van der Waals surface area contributed by atoms with E-state index in [2.05, 4.69) is 10.6 Å². The van der Waals surface area contributed by atoms with Crippen molar-refractivity contribution in [1.29, 1.82) is 0 Å². The van der Waals surface area contributed by atoms with Crippen molar-refractivity contribution in [2.75, 3.05) is 19.7 Å². The summed E-state index contributed by atoms with van der Waals surface area (Å²) in [7, 11) is 0. The van der Waals surface area contributed by atoms with Gasteiger partial charge in [0.1, 0.15) is 5.75 Å². The number of hydrogen-bond acceptors (Lipinski definition) is 3. The van der Waals surface area contributed by atoms with Crippen LogP contribution in [-0.4, -0.2) is 31.5 Å². The lowest BCUT2D eigenvalue weighted by Crippen LogP contribution is -2.37. The minimum Gasteiger partial charge on any atom is -0.494 e. The van der Waals surface area contributed by atoms with Gasteiger partial charge in [-0.15, -0.1) is 0 Å². The van der Waals surface area contributed by atoms with Crippen LogP contribution in [0, 0.1) is 0 Å². The summed E-state index contributed by atoms with van der Waals surface area (Å²) in [6.07, 6.45) is 0.704. The van der Waals surface area contributed by atoms with Gasteiger partial charge in [0.2, 0.25) is 5.91 Å². The maximum Gasteiger partial charge on any atom is 0.251 e. The van der Waals surface area contributed by atoms with E-state index in [1.807, 2.05) is 31.2 Å². The summed E-state index contributed by atoms with van der Waals surface area (Å²) in [6, 6.07) is 14.3. The Morgan fingerprint density at radius 1 is 1.00 bits per heavy atom. The van der Waals surface area contributed by atoms with Gasteiger partial charge in [-0.05, 0) is 55.3 Å².